The van der Waals surface area contributed by atoms with E-state index in [1.807, 2.05) is 0 Å². The quantitative estimate of drug-likeness (QED) is 0.0538. The fraction of sp³-hybridized carbons (Fsp3) is 0.818. The van der Waals surface area contributed by atoms with E-state index in [1.165, 1.54) is 167 Å². The Morgan fingerprint density at radius 2 is 0.681 bits per heavy atom. The molecule has 2 unspecified atom stereocenters. The first-order valence-corrected chi connectivity index (χ1v) is 20.9. The van der Waals surface area contributed by atoms with Gasteiger partial charge in [-0.1, -0.05) is 165 Å². The van der Waals surface area contributed by atoms with Gasteiger partial charge in [-0.05, 0) is 77.0 Å². The Morgan fingerprint density at radius 1 is 0.383 bits per heavy atom. The van der Waals surface area contributed by atoms with Crippen LogP contribution in [0.15, 0.2) is 48.6 Å². The number of hydrogen-bond donors (Lipinski definition) is 1. The number of nitrogens with one attached hydrogen (secondary N) is 1. The molecule has 0 aromatic rings. The second kappa shape index (κ2) is 37.7. The van der Waals surface area contributed by atoms with E-state index in [1.54, 1.807) is 0 Å². The molecule has 0 spiro atoms. The lowest BCUT2D eigenvalue weighted by atomic mass is 10.1. The summed E-state index contributed by atoms with van der Waals surface area (Å²) in [6, 6.07) is 0. The largest absolute Gasteiger partial charge is 0.374 e. The van der Waals surface area contributed by atoms with Crippen molar-refractivity contribution < 1.29 is 9.47 Å². The van der Waals surface area contributed by atoms with Crippen LogP contribution in [0.2, 0.25) is 0 Å². The van der Waals surface area contributed by atoms with Crippen LogP contribution in [0.3, 0.4) is 0 Å². The molecule has 1 saturated heterocycles. The van der Waals surface area contributed by atoms with Crippen LogP contribution in [0, 0.1) is 0 Å². The predicted octanol–water partition coefficient (Wildman–Crippen LogP) is 13.5. The maximum atomic E-state index is 6.23. The Bertz CT molecular complexity index is 666. The van der Waals surface area contributed by atoms with Gasteiger partial charge in [-0.2, -0.15) is 0 Å². The van der Waals surface area contributed by atoms with Crippen molar-refractivity contribution in [1.29, 1.82) is 0 Å². The Morgan fingerprint density at radius 3 is 1.02 bits per heavy atom. The van der Waals surface area contributed by atoms with Gasteiger partial charge in [-0.3, -0.25) is 0 Å². The molecule has 1 N–H and O–H groups in total. The third-order valence-corrected chi connectivity index (χ3v) is 9.46. The molecule has 1 fully saturated rings. The molecule has 0 aromatic carbocycles. The van der Waals surface area contributed by atoms with Gasteiger partial charge in [0, 0.05) is 26.3 Å². The molecule has 0 saturated carbocycles. The highest BCUT2D eigenvalue weighted by molar-refractivity contribution is 4.93. The fourth-order valence-corrected chi connectivity index (χ4v) is 6.32. The average molecular weight is 656 g/mol. The van der Waals surface area contributed by atoms with Crippen LogP contribution in [0.25, 0.3) is 0 Å². The second-order valence-electron chi connectivity index (χ2n) is 14.1. The summed E-state index contributed by atoms with van der Waals surface area (Å²) in [5.41, 5.74) is 0. The molecule has 1 aliphatic rings. The third kappa shape index (κ3) is 31.8. The van der Waals surface area contributed by atoms with Crippen molar-refractivity contribution in [3.63, 3.8) is 0 Å². The summed E-state index contributed by atoms with van der Waals surface area (Å²) < 4.78 is 12.5. The molecule has 1 aliphatic heterocycles. The molecule has 1 rings (SSSR count). The third-order valence-electron chi connectivity index (χ3n) is 9.46. The van der Waals surface area contributed by atoms with Gasteiger partial charge in [0.15, 0.2) is 0 Å². The van der Waals surface area contributed by atoms with E-state index >= 15 is 0 Å². The zero-order valence-corrected chi connectivity index (χ0v) is 31.7. The van der Waals surface area contributed by atoms with Crippen LogP contribution in [0.4, 0.5) is 0 Å². The SMILES string of the molecule is CCCCCC=CCC=CCCCCCCCCCCOC1CNCC1OCCCCCCCCCCC=CCC=CCCCCC. The average Bonchev–Trinajstić information content (AvgIpc) is 3.53. The summed E-state index contributed by atoms with van der Waals surface area (Å²) in [5, 5.41) is 3.48. The predicted molar refractivity (Wildman–Crippen MR) is 210 cm³/mol. The maximum absolute atomic E-state index is 6.23. The van der Waals surface area contributed by atoms with Gasteiger partial charge < -0.3 is 14.8 Å². The molecule has 3 nitrogen and oxygen atoms in total. The van der Waals surface area contributed by atoms with Gasteiger partial charge in [0.1, 0.15) is 0 Å². The summed E-state index contributed by atoms with van der Waals surface area (Å²) in [5.74, 6) is 0. The minimum Gasteiger partial charge on any atom is -0.374 e. The van der Waals surface area contributed by atoms with Crippen molar-refractivity contribution in [3.8, 4) is 0 Å². The van der Waals surface area contributed by atoms with Gasteiger partial charge in [0.2, 0.25) is 0 Å². The smallest absolute Gasteiger partial charge is 0.0973 e. The highest BCUT2D eigenvalue weighted by atomic mass is 16.5. The first-order chi connectivity index (χ1) is 23.4. The molecule has 1 heterocycles. The molecule has 0 bridgehead atoms. The van der Waals surface area contributed by atoms with Crippen LogP contribution in [0.1, 0.15) is 194 Å². The zero-order valence-electron chi connectivity index (χ0n) is 31.7. The Hall–Kier alpha value is -1.16. The van der Waals surface area contributed by atoms with E-state index in [-0.39, 0.29) is 12.2 Å². The Balaban J connectivity index is 1.82. The summed E-state index contributed by atoms with van der Waals surface area (Å²) in [6.07, 6.45) is 56.0. The van der Waals surface area contributed by atoms with Crippen molar-refractivity contribution >= 4 is 0 Å². The Labute approximate surface area is 294 Å². The summed E-state index contributed by atoms with van der Waals surface area (Å²) in [6.45, 7) is 8.20. The number of unbranched alkanes of at least 4 members (excludes halogenated alkanes) is 22. The molecule has 274 valence electrons. The monoisotopic (exact) mass is 656 g/mol. The first kappa shape index (κ1) is 43.9. The highest BCUT2D eigenvalue weighted by Gasteiger charge is 2.28. The Kier molecular flexibility index (Phi) is 35.1. The number of hydrogen-bond acceptors (Lipinski definition) is 3. The maximum Gasteiger partial charge on any atom is 0.0973 e. The van der Waals surface area contributed by atoms with E-state index < -0.39 is 0 Å². The van der Waals surface area contributed by atoms with E-state index in [2.05, 4.69) is 67.8 Å². The molecule has 3 heteroatoms. The lowest BCUT2D eigenvalue weighted by Crippen LogP contribution is -2.30. The van der Waals surface area contributed by atoms with Crippen LogP contribution in [0.5, 0.6) is 0 Å². The fourth-order valence-electron chi connectivity index (χ4n) is 6.32. The molecule has 2 atom stereocenters. The van der Waals surface area contributed by atoms with Crippen LogP contribution in [-0.2, 0) is 9.47 Å². The van der Waals surface area contributed by atoms with Crippen molar-refractivity contribution in [2.75, 3.05) is 26.3 Å². The molecular weight excluding hydrogens is 574 g/mol. The summed E-state index contributed by atoms with van der Waals surface area (Å²) >= 11 is 0. The van der Waals surface area contributed by atoms with E-state index in [0.29, 0.717) is 0 Å². The van der Waals surface area contributed by atoms with Crippen molar-refractivity contribution in [2.45, 2.75) is 206 Å². The number of rotatable bonds is 36. The highest BCUT2D eigenvalue weighted by Crippen LogP contribution is 2.15. The molecule has 0 radical (unpaired) electrons. The van der Waals surface area contributed by atoms with Crippen molar-refractivity contribution in [3.05, 3.63) is 48.6 Å². The minimum absolute atomic E-state index is 0.243. The molecule has 0 amide bonds. The van der Waals surface area contributed by atoms with E-state index in [9.17, 15) is 0 Å². The zero-order chi connectivity index (χ0) is 33.6. The van der Waals surface area contributed by atoms with Gasteiger partial charge in [-0.25, -0.2) is 0 Å². The number of ether oxygens (including phenoxy) is 2. The van der Waals surface area contributed by atoms with Crippen LogP contribution < -0.4 is 5.32 Å². The number of allylic oxidation sites excluding steroid dienone is 8. The lowest BCUT2D eigenvalue weighted by Gasteiger charge is -2.20. The second-order valence-corrected chi connectivity index (χ2v) is 14.1. The van der Waals surface area contributed by atoms with Crippen LogP contribution in [-0.4, -0.2) is 38.5 Å². The van der Waals surface area contributed by atoms with Crippen LogP contribution >= 0.6 is 0 Å². The van der Waals surface area contributed by atoms with Gasteiger partial charge in [0.25, 0.3) is 0 Å². The van der Waals surface area contributed by atoms with Gasteiger partial charge in [-0.15, -0.1) is 0 Å². The van der Waals surface area contributed by atoms with Crippen molar-refractivity contribution in [2.24, 2.45) is 0 Å². The lowest BCUT2D eigenvalue weighted by molar-refractivity contribution is -0.0481. The van der Waals surface area contributed by atoms with Crippen molar-refractivity contribution in [1.82, 2.24) is 5.32 Å². The topological polar surface area (TPSA) is 30.5 Å². The van der Waals surface area contributed by atoms with E-state index in [4.69, 9.17) is 9.47 Å². The summed E-state index contributed by atoms with van der Waals surface area (Å²) in [4.78, 5) is 0. The first-order valence-electron chi connectivity index (χ1n) is 20.9. The minimum atomic E-state index is 0.243. The molecule has 47 heavy (non-hydrogen) atoms. The molecule has 0 aliphatic carbocycles. The normalized spacial score (nSPS) is 17.1. The summed E-state index contributed by atoms with van der Waals surface area (Å²) in [7, 11) is 0. The van der Waals surface area contributed by atoms with Gasteiger partial charge in [0.05, 0.1) is 12.2 Å². The van der Waals surface area contributed by atoms with E-state index in [0.717, 1.165) is 39.1 Å². The van der Waals surface area contributed by atoms with Gasteiger partial charge >= 0.3 is 0 Å². The molecular formula is C44H81NO2. The standard InChI is InChI=1S/C44H81NO2/c1-3-5-7-9-11-13-15-17-19-21-23-25-27-29-31-33-35-37-39-46-43-41-45-42-44(43)47-40-38-36-34-32-30-28-26-24-22-20-18-16-14-12-10-8-6-4-2/h11-14,17-20,43-45H,3-10,15-16,21-42H2,1-2H3. The molecule has 0 aromatic heterocycles.